The van der Waals surface area contributed by atoms with Crippen molar-refractivity contribution in [2.24, 2.45) is 5.92 Å². The van der Waals surface area contributed by atoms with Crippen molar-refractivity contribution >= 4 is 9.84 Å². The lowest BCUT2D eigenvalue weighted by molar-refractivity contribution is 0.413. The van der Waals surface area contributed by atoms with Crippen molar-refractivity contribution in [2.75, 3.05) is 7.11 Å². The van der Waals surface area contributed by atoms with Gasteiger partial charge in [-0.3, -0.25) is 0 Å². The van der Waals surface area contributed by atoms with E-state index in [9.17, 15) is 13.7 Å². The number of sulfone groups is 1. The quantitative estimate of drug-likeness (QED) is 0.804. The van der Waals surface area contributed by atoms with E-state index in [1.165, 1.54) is 19.2 Å². The van der Waals surface area contributed by atoms with E-state index in [4.69, 9.17) is 4.74 Å². The van der Waals surface area contributed by atoms with Crippen molar-refractivity contribution < 1.29 is 13.2 Å². The van der Waals surface area contributed by atoms with Gasteiger partial charge in [0.25, 0.3) is 0 Å². The highest BCUT2D eigenvalue weighted by molar-refractivity contribution is 7.92. The van der Waals surface area contributed by atoms with Gasteiger partial charge in [-0.15, -0.1) is 0 Å². The van der Waals surface area contributed by atoms with Crippen molar-refractivity contribution in [1.29, 1.82) is 5.26 Å². The van der Waals surface area contributed by atoms with Gasteiger partial charge in [-0.05, 0) is 24.1 Å². The third kappa shape index (κ3) is 3.27. The fraction of sp³-hybridized carbons (Fsp3) is 0.500. The lowest BCUT2D eigenvalue weighted by atomic mass is 10.0. The number of nitrogens with zero attached hydrogens (tertiary/aromatic N) is 1. The number of benzene rings is 1. The average Bonchev–Trinajstić information content (AvgIpc) is 2.44. The molecular formula is C14H19NO3S. The van der Waals surface area contributed by atoms with E-state index in [0.29, 0.717) is 18.6 Å². The highest BCUT2D eigenvalue weighted by Crippen LogP contribution is 2.27. The lowest BCUT2D eigenvalue weighted by Gasteiger charge is -2.19. The normalized spacial score (nSPS) is 13.0. The zero-order valence-corrected chi connectivity index (χ0v) is 12.3. The minimum atomic E-state index is -3.65. The van der Waals surface area contributed by atoms with Gasteiger partial charge in [0.1, 0.15) is 5.75 Å². The zero-order chi connectivity index (χ0) is 14.5. The summed E-state index contributed by atoms with van der Waals surface area (Å²) in [4.78, 5) is 0.144. The SMILES string of the molecule is CCC(CC)C(C#N)S(=O)(=O)c1cccc(OC)c1. The molecule has 0 spiro atoms. The van der Waals surface area contributed by atoms with Gasteiger partial charge in [0.05, 0.1) is 18.1 Å². The van der Waals surface area contributed by atoms with Crippen LogP contribution in [0.3, 0.4) is 0 Å². The highest BCUT2D eigenvalue weighted by Gasteiger charge is 2.33. The Balaban J connectivity index is 3.24. The molecule has 5 heteroatoms. The predicted octanol–water partition coefficient (Wildman–Crippen LogP) is 2.80. The molecule has 0 N–H and O–H groups in total. The molecule has 0 amide bonds. The molecule has 1 unspecified atom stereocenters. The molecule has 1 aromatic carbocycles. The van der Waals surface area contributed by atoms with Gasteiger partial charge in [0.2, 0.25) is 0 Å². The first-order valence-corrected chi connectivity index (χ1v) is 7.83. The van der Waals surface area contributed by atoms with Crippen LogP contribution in [-0.4, -0.2) is 20.8 Å². The Bertz CT molecular complexity index is 556. The first-order valence-electron chi connectivity index (χ1n) is 6.28. The Labute approximate surface area is 114 Å². The molecular weight excluding hydrogens is 262 g/mol. The molecule has 0 aliphatic heterocycles. The van der Waals surface area contributed by atoms with Crippen molar-refractivity contribution in [3.8, 4) is 11.8 Å². The Hall–Kier alpha value is -1.54. The first-order chi connectivity index (χ1) is 9.01. The molecule has 0 aromatic heterocycles. The summed E-state index contributed by atoms with van der Waals surface area (Å²) in [6.07, 6.45) is 1.33. The summed E-state index contributed by atoms with van der Waals surface area (Å²) in [5, 5.41) is 8.22. The van der Waals surface area contributed by atoms with Crippen LogP contribution >= 0.6 is 0 Å². The smallest absolute Gasteiger partial charge is 0.194 e. The number of rotatable bonds is 6. The van der Waals surface area contributed by atoms with Crippen LogP contribution in [0.2, 0.25) is 0 Å². The van der Waals surface area contributed by atoms with E-state index in [0.717, 1.165) is 0 Å². The minimum Gasteiger partial charge on any atom is -0.497 e. The molecule has 0 aliphatic carbocycles. The number of ether oxygens (including phenoxy) is 1. The van der Waals surface area contributed by atoms with Crippen LogP contribution in [0.1, 0.15) is 26.7 Å². The number of hydrogen-bond donors (Lipinski definition) is 0. The van der Waals surface area contributed by atoms with E-state index >= 15 is 0 Å². The Morgan fingerprint density at radius 2 is 1.95 bits per heavy atom. The predicted molar refractivity (Wildman–Crippen MR) is 73.7 cm³/mol. The average molecular weight is 281 g/mol. The Morgan fingerprint density at radius 1 is 1.32 bits per heavy atom. The second-order valence-electron chi connectivity index (χ2n) is 4.35. The van der Waals surface area contributed by atoms with Crippen molar-refractivity contribution in [3.63, 3.8) is 0 Å². The van der Waals surface area contributed by atoms with Crippen molar-refractivity contribution in [1.82, 2.24) is 0 Å². The molecule has 0 saturated heterocycles. The Kier molecular flexibility index (Phi) is 5.37. The molecule has 0 heterocycles. The van der Waals surface area contributed by atoms with Gasteiger partial charge in [0.15, 0.2) is 15.1 Å². The van der Waals surface area contributed by atoms with E-state index in [2.05, 4.69) is 0 Å². The van der Waals surface area contributed by atoms with Crippen LogP contribution in [0.4, 0.5) is 0 Å². The van der Waals surface area contributed by atoms with E-state index in [1.54, 1.807) is 12.1 Å². The second-order valence-corrected chi connectivity index (χ2v) is 6.42. The van der Waals surface area contributed by atoms with Gasteiger partial charge in [-0.25, -0.2) is 8.42 Å². The van der Waals surface area contributed by atoms with Crippen LogP contribution in [0.15, 0.2) is 29.2 Å². The number of nitriles is 1. The molecule has 1 atom stereocenters. The third-order valence-corrected chi connectivity index (χ3v) is 5.38. The highest BCUT2D eigenvalue weighted by atomic mass is 32.2. The summed E-state index contributed by atoms with van der Waals surface area (Å²) in [6.45, 7) is 3.80. The molecule has 4 nitrogen and oxygen atoms in total. The van der Waals surface area contributed by atoms with Crippen LogP contribution < -0.4 is 4.74 Å². The monoisotopic (exact) mass is 281 g/mol. The van der Waals surface area contributed by atoms with Gasteiger partial charge in [0, 0.05) is 0 Å². The van der Waals surface area contributed by atoms with E-state index in [1.807, 2.05) is 19.9 Å². The molecule has 0 fully saturated rings. The summed E-state index contributed by atoms with van der Waals surface area (Å²) >= 11 is 0. The summed E-state index contributed by atoms with van der Waals surface area (Å²) < 4.78 is 30.1. The minimum absolute atomic E-state index is 0.144. The van der Waals surface area contributed by atoms with Crippen LogP contribution in [0.25, 0.3) is 0 Å². The molecule has 1 rings (SSSR count). The summed E-state index contributed by atoms with van der Waals surface area (Å²) in [6, 6.07) is 8.21. The molecule has 0 radical (unpaired) electrons. The lowest BCUT2D eigenvalue weighted by Crippen LogP contribution is -2.28. The van der Waals surface area contributed by atoms with Crippen molar-refractivity contribution in [3.05, 3.63) is 24.3 Å². The maximum Gasteiger partial charge on any atom is 0.194 e. The summed E-state index contributed by atoms with van der Waals surface area (Å²) in [5.41, 5.74) is 0. The van der Waals surface area contributed by atoms with Gasteiger partial charge < -0.3 is 4.74 Å². The number of methoxy groups -OCH3 is 1. The van der Waals surface area contributed by atoms with E-state index < -0.39 is 15.1 Å². The summed E-state index contributed by atoms with van der Waals surface area (Å²) in [5.74, 6) is 0.323. The summed E-state index contributed by atoms with van der Waals surface area (Å²) in [7, 11) is -2.17. The maximum atomic E-state index is 12.5. The fourth-order valence-electron chi connectivity index (χ4n) is 2.07. The molecule has 0 aliphatic rings. The second kappa shape index (κ2) is 6.58. The van der Waals surface area contributed by atoms with Gasteiger partial charge in [-0.1, -0.05) is 32.8 Å². The molecule has 104 valence electrons. The standard InChI is InChI=1S/C14H19NO3S/c1-4-11(5-2)14(10-15)19(16,17)13-8-6-7-12(9-13)18-3/h6-9,11,14H,4-5H2,1-3H3. The first kappa shape index (κ1) is 15.5. The molecule has 1 aromatic rings. The van der Waals surface area contributed by atoms with Crippen molar-refractivity contribution in [2.45, 2.75) is 36.8 Å². The van der Waals surface area contributed by atoms with Crippen LogP contribution in [0.5, 0.6) is 5.75 Å². The largest absolute Gasteiger partial charge is 0.497 e. The molecule has 19 heavy (non-hydrogen) atoms. The molecule has 0 saturated carbocycles. The third-order valence-electron chi connectivity index (χ3n) is 3.31. The van der Waals surface area contributed by atoms with Crippen LogP contribution in [0, 0.1) is 17.2 Å². The van der Waals surface area contributed by atoms with Gasteiger partial charge >= 0.3 is 0 Å². The number of hydrogen-bond acceptors (Lipinski definition) is 4. The maximum absolute atomic E-state index is 12.5. The zero-order valence-electron chi connectivity index (χ0n) is 11.5. The van der Waals surface area contributed by atoms with E-state index in [-0.39, 0.29) is 10.8 Å². The Morgan fingerprint density at radius 3 is 2.42 bits per heavy atom. The van der Waals surface area contributed by atoms with Crippen LogP contribution in [-0.2, 0) is 9.84 Å². The van der Waals surface area contributed by atoms with Gasteiger partial charge in [-0.2, -0.15) is 5.26 Å². The molecule has 0 bridgehead atoms. The fourth-order valence-corrected chi connectivity index (χ4v) is 3.94. The topological polar surface area (TPSA) is 67.2 Å².